The third kappa shape index (κ3) is 4.54. The number of rotatable bonds is 6. The van der Waals surface area contributed by atoms with Crippen molar-refractivity contribution >= 4 is 21.6 Å². The molecule has 1 fully saturated rings. The molecule has 1 amide bonds. The summed E-state index contributed by atoms with van der Waals surface area (Å²) in [5, 5.41) is 3.08. The summed E-state index contributed by atoms with van der Waals surface area (Å²) < 4.78 is 27.2. The van der Waals surface area contributed by atoms with Crippen molar-refractivity contribution in [1.29, 1.82) is 0 Å². The average Bonchev–Trinajstić information content (AvgIpc) is 2.71. The Kier molecular flexibility index (Phi) is 6.36. The number of hydrogen-bond acceptors (Lipinski definition) is 4. The molecule has 0 atom stereocenters. The van der Waals surface area contributed by atoms with E-state index in [2.05, 4.69) is 17.3 Å². The molecule has 2 aromatic rings. The quantitative estimate of drug-likeness (QED) is 0.808. The van der Waals surface area contributed by atoms with Gasteiger partial charge in [-0.1, -0.05) is 18.2 Å². The van der Waals surface area contributed by atoms with E-state index in [0.29, 0.717) is 17.8 Å². The van der Waals surface area contributed by atoms with Crippen molar-refractivity contribution in [2.75, 3.05) is 31.0 Å². The Bertz CT molecular complexity index is 890. The normalized spacial score (nSPS) is 15.9. The Morgan fingerprint density at radius 1 is 1.07 bits per heavy atom. The minimum atomic E-state index is -3.64. The van der Waals surface area contributed by atoms with Gasteiger partial charge in [-0.05, 0) is 76.3 Å². The summed E-state index contributed by atoms with van der Waals surface area (Å²) in [4.78, 5) is 15.0. The van der Waals surface area contributed by atoms with Crippen LogP contribution in [0, 0.1) is 0 Å². The maximum atomic E-state index is 12.9. The van der Waals surface area contributed by atoms with Gasteiger partial charge in [0.15, 0.2) is 0 Å². The first-order chi connectivity index (χ1) is 13.4. The topological polar surface area (TPSA) is 69.7 Å². The molecule has 0 unspecified atom stereocenters. The number of hydrogen-bond donors (Lipinski definition) is 1. The average molecular weight is 402 g/mol. The van der Waals surface area contributed by atoms with Crippen molar-refractivity contribution in [3.05, 3.63) is 60.2 Å². The fraction of sp³-hybridized carbons (Fsp3) is 0.381. The van der Waals surface area contributed by atoms with E-state index in [4.69, 9.17) is 0 Å². The standard InChI is InChI=1S/C21H27N3O3S/c1-3-24(28(26,27)20-7-5-4-6-8-20)19-11-9-17(10-12-19)21(25)22-18-13-15-23(2)16-14-18/h4-12,18H,3,13-16H2,1-2H3,(H,22,25). The summed E-state index contributed by atoms with van der Waals surface area (Å²) in [5.74, 6) is -0.116. The highest BCUT2D eigenvalue weighted by molar-refractivity contribution is 7.92. The van der Waals surface area contributed by atoms with Crippen molar-refractivity contribution in [3.8, 4) is 0 Å². The number of amides is 1. The number of likely N-dealkylation sites (tertiary alicyclic amines) is 1. The fourth-order valence-electron chi connectivity index (χ4n) is 3.41. The first-order valence-corrected chi connectivity index (χ1v) is 11.0. The van der Waals surface area contributed by atoms with E-state index in [1.807, 2.05) is 0 Å². The molecule has 6 nitrogen and oxygen atoms in total. The van der Waals surface area contributed by atoms with Crippen LogP contribution in [0.5, 0.6) is 0 Å². The summed E-state index contributed by atoms with van der Waals surface area (Å²) in [6.45, 7) is 4.05. The highest BCUT2D eigenvalue weighted by Crippen LogP contribution is 2.24. The Labute approximate surface area is 167 Å². The molecule has 0 radical (unpaired) electrons. The largest absolute Gasteiger partial charge is 0.349 e. The van der Waals surface area contributed by atoms with Gasteiger partial charge in [0.1, 0.15) is 0 Å². The van der Waals surface area contributed by atoms with Crippen LogP contribution < -0.4 is 9.62 Å². The van der Waals surface area contributed by atoms with Crippen molar-refractivity contribution in [2.24, 2.45) is 0 Å². The number of carbonyl (C=O) groups is 1. The van der Waals surface area contributed by atoms with Crippen LogP contribution in [0.2, 0.25) is 0 Å². The molecule has 0 aromatic heterocycles. The van der Waals surface area contributed by atoms with Crippen LogP contribution in [-0.4, -0.2) is 51.9 Å². The third-order valence-corrected chi connectivity index (χ3v) is 7.01. The van der Waals surface area contributed by atoms with Gasteiger partial charge in [0.05, 0.1) is 10.6 Å². The van der Waals surface area contributed by atoms with Gasteiger partial charge in [-0.2, -0.15) is 0 Å². The maximum Gasteiger partial charge on any atom is 0.264 e. The van der Waals surface area contributed by atoms with Gasteiger partial charge in [-0.15, -0.1) is 0 Å². The molecular formula is C21H27N3O3S. The molecule has 28 heavy (non-hydrogen) atoms. The first kappa shape index (κ1) is 20.4. The van der Waals surface area contributed by atoms with Gasteiger partial charge in [-0.25, -0.2) is 8.42 Å². The van der Waals surface area contributed by atoms with Gasteiger partial charge in [0, 0.05) is 18.2 Å². The summed E-state index contributed by atoms with van der Waals surface area (Å²) in [5.41, 5.74) is 1.08. The second-order valence-corrected chi connectivity index (χ2v) is 8.94. The zero-order valence-electron chi connectivity index (χ0n) is 16.3. The van der Waals surface area contributed by atoms with Crippen LogP contribution >= 0.6 is 0 Å². The predicted molar refractivity (Wildman–Crippen MR) is 111 cm³/mol. The van der Waals surface area contributed by atoms with E-state index in [-0.39, 0.29) is 16.8 Å². The molecule has 7 heteroatoms. The molecule has 0 bridgehead atoms. The van der Waals surface area contributed by atoms with Crippen LogP contribution in [-0.2, 0) is 10.0 Å². The molecule has 1 N–H and O–H groups in total. The van der Waals surface area contributed by atoms with Crippen LogP contribution in [0.3, 0.4) is 0 Å². The molecule has 150 valence electrons. The highest BCUT2D eigenvalue weighted by Gasteiger charge is 2.24. The number of carbonyl (C=O) groups excluding carboxylic acids is 1. The molecule has 0 aliphatic carbocycles. The summed E-state index contributed by atoms with van der Waals surface area (Å²) in [6, 6.07) is 15.3. The van der Waals surface area contributed by atoms with E-state index < -0.39 is 10.0 Å². The van der Waals surface area contributed by atoms with Crippen LogP contribution in [0.15, 0.2) is 59.5 Å². The Hall–Kier alpha value is -2.38. The van der Waals surface area contributed by atoms with E-state index in [0.717, 1.165) is 25.9 Å². The lowest BCUT2D eigenvalue weighted by Gasteiger charge is -2.29. The van der Waals surface area contributed by atoms with Gasteiger partial charge in [-0.3, -0.25) is 9.10 Å². The maximum absolute atomic E-state index is 12.9. The highest BCUT2D eigenvalue weighted by atomic mass is 32.2. The summed E-state index contributed by atoms with van der Waals surface area (Å²) in [7, 11) is -1.55. The molecule has 1 heterocycles. The van der Waals surface area contributed by atoms with E-state index >= 15 is 0 Å². The molecular weight excluding hydrogens is 374 g/mol. The van der Waals surface area contributed by atoms with Crippen molar-refractivity contribution in [2.45, 2.75) is 30.7 Å². The summed E-state index contributed by atoms with van der Waals surface area (Å²) in [6.07, 6.45) is 1.89. The molecule has 2 aromatic carbocycles. The first-order valence-electron chi connectivity index (χ1n) is 9.59. The number of anilines is 1. The SMILES string of the molecule is CCN(c1ccc(C(=O)NC2CCN(C)CC2)cc1)S(=O)(=O)c1ccccc1. The second-order valence-electron chi connectivity index (χ2n) is 7.08. The predicted octanol–water partition coefficient (Wildman–Crippen LogP) is 2.73. The van der Waals surface area contributed by atoms with Crippen LogP contribution in [0.1, 0.15) is 30.1 Å². The molecule has 1 saturated heterocycles. The molecule has 0 saturated carbocycles. The minimum absolute atomic E-state index is 0.116. The lowest BCUT2D eigenvalue weighted by molar-refractivity contribution is 0.0917. The molecule has 1 aliphatic rings. The second kappa shape index (κ2) is 8.75. The van der Waals surface area contributed by atoms with Crippen LogP contribution in [0.25, 0.3) is 0 Å². The van der Waals surface area contributed by atoms with Crippen molar-refractivity contribution in [1.82, 2.24) is 10.2 Å². The number of sulfonamides is 1. The van der Waals surface area contributed by atoms with Gasteiger partial charge >= 0.3 is 0 Å². The van der Waals surface area contributed by atoms with E-state index in [1.165, 1.54) is 4.31 Å². The number of piperidine rings is 1. The van der Waals surface area contributed by atoms with Gasteiger partial charge in [0.25, 0.3) is 15.9 Å². The smallest absolute Gasteiger partial charge is 0.264 e. The zero-order valence-corrected chi connectivity index (χ0v) is 17.2. The molecule has 3 rings (SSSR count). The van der Waals surface area contributed by atoms with Gasteiger partial charge in [0.2, 0.25) is 0 Å². The molecule has 1 aliphatic heterocycles. The Morgan fingerprint density at radius 2 is 1.68 bits per heavy atom. The number of nitrogens with one attached hydrogen (secondary N) is 1. The van der Waals surface area contributed by atoms with E-state index in [1.54, 1.807) is 61.5 Å². The Morgan fingerprint density at radius 3 is 2.25 bits per heavy atom. The summed E-state index contributed by atoms with van der Waals surface area (Å²) >= 11 is 0. The minimum Gasteiger partial charge on any atom is -0.349 e. The number of benzene rings is 2. The lowest BCUT2D eigenvalue weighted by atomic mass is 10.0. The van der Waals surface area contributed by atoms with Crippen LogP contribution in [0.4, 0.5) is 5.69 Å². The number of nitrogens with zero attached hydrogens (tertiary/aromatic N) is 2. The lowest BCUT2D eigenvalue weighted by Crippen LogP contribution is -2.43. The van der Waals surface area contributed by atoms with Gasteiger partial charge < -0.3 is 10.2 Å². The molecule has 0 spiro atoms. The van der Waals surface area contributed by atoms with Crippen molar-refractivity contribution < 1.29 is 13.2 Å². The zero-order chi connectivity index (χ0) is 20.1. The third-order valence-electron chi connectivity index (χ3n) is 5.09. The van der Waals surface area contributed by atoms with E-state index in [9.17, 15) is 13.2 Å². The fourth-order valence-corrected chi connectivity index (χ4v) is 4.91. The monoisotopic (exact) mass is 401 g/mol. The Balaban J connectivity index is 1.73. The van der Waals surface area contributed by atoms with Crippen molar-refractivity contribution in [3.63, 3.8) is 0 Å².